The normalized spacial score (nSPS) is 10.4. The molecule has 0 aliphatic rings. The van der Waals surface area contributed by atoms with E-state index < -0.39 is 0 Å². The maximum Gasteiger partial charge on any atom is 0.153 e. The third kappa shape index (κ3) is 4.89. The van der Waals surface area contributed by atoms with E-state index in [4.69, 9.17) is 26.2 Å². The highest BCUT2D eigenvalue weighted by atomic mass is 35.5. The maximum absolute atomic E-state index is 8.95. The van der Waals surface area contributed by atoms with Crippen molar-refractivity contribution < 1.29 is 14.6 Å². The van der Waals surface area contributed by atoms with E-state index in [1.807, 2.05) is 18.2 Å². The molecule has 23 heavy (non-hydrogen) atoms. The lowest BCUT2D eigenvalue weighted by Crippen LogP contribution is -2.05. The Morgan fingerprint density at radius 1 is 1.22 bits per heavy atom. The summed E-state index contributed by atoms with van der Waals surface area (Å²) in [5, 5.41) is 21.1. The van der Waals surface area contributed by atoms with Gasteiger partial charge in [-0.05, 0) is 12.1 Å². The molecule has 124 valence electrons. The summed E-state index contributed by atoms with van der Waals surface area (Å²) < 4.78 is 10.6. The molecule has 1 aromatic heterocycles. The number of methoxy groups -OCH3 is 2. The topological polar surface area (TPSA) is 76.5 Å². The van der Waals surface area contributed by atoms with Crippen molar-refractivity contribution in [2.24, 2.45) is 0 Å². The van der Waals surface area contributed by atoms with E-state index in [0.717, 1.165) is 22.7 Å². The Morgan fingerprint density at radius 2 is 2.04 bits per heavy atom. The zero-order chi connectivity index (χ0) is 16.7. The molecular weight excluding hydrogens is 338 g/mol. The smallest absolute Gasteiger partial charge is 0.153 e. The molecule has 2 aromatic rings. The molecular formula is C15H18ClN3O3S. The minimum atomic E-state index is 0.0702. The zero-order valence-electron chi connectivity index (χ0n) is 12.9. The first kappa shape index (κ1) is 17.7. The number of ether oxygens (including phenoxy) is 2. The second kappa shape index (κ2) is 8.81. The summed E-state index contributed by atoms with van der Waals surface area (Å²) in [7, 11) is 3.23. The molecule has 0 bridgehead atoms. The van der Waals surface area contributed by atoms with Crippen LogP contribution in [0.4, 0.5) is 5.69 Å². The summed E-state index contributed by atoms with van der Waals surface area (Å²) in [6.07, 6.45) is 0. The summed E-state index contributed by atoms with van der Waals surface area (Å²) in [5.41, 5.74) is 1.74. The van der Waals surface area contributed by atoms with E-state index in [-0.39, 0.29) is 6.61 Å². The first-order valence-corrected chi connectivity index (χ1v) is 8.26. The summed E-state index contributed by atoms with van der Waals surface area (Å²) >= 11 is 7.33. The molecule has 0 saturated carbocycles. The Balaban J connectivity index is 2.15. The fourth-order valence-electron chi connectivity index (χ4n) is 1.92. The molecule has 0 atom stereocenters. The Morgan fingerprint density at radius 3 is 2.74 bits per heavy atom. The molecule has 0 radical (unpaired) electrons. The standard InChI is InChI=1S/C15H18ClN3O3S/c1-21-11-4-3-10(13(7-11)22-2)9-17-12-8-14(16)18-19-15(12)23-6-5-20/h3-4,7-8,20H,5-6,9H2,1-2H3,(H,17,18). The Bertz CT molecular complexity index is 658. The van der Waals surface area contributed by atoms with Crippen molar-refractivity contribution in [2.75, 3.05) is 31.9 Å². The van der Waals surface area contributed by atoms with Crippen LogP contribution >= 0.6 is 23.4 Å². The highest BCUT2D eigenvalue weighted by Gasteiger charge is 2.10. The number of halogens is 1. The summed E-state index contributed by atoms with van der Waals surface area (Å²) in [6, 6.07) is 7.35. The van der Waals surface area contributed by atoms with Crippen LogP contribution in [0, 0.1) is 0 Å². The van der Waals surface area contributed by atoms with E-state index in [1.54, 1.807) is 20.3 Å². The third-order valence-corrected chi connectivity index (χ3v) is 4.17. The maximum atomic E-state index is 8.95. The van der Waals surface area contributed by atoms with Crippen molar-refractivity contribution in [3.63, 3.8) is 0 Å². The SMILES string of the molecule is COc1ccc(CNc2cc(Cl)nnc2SCCO)c(OC)c1. The van der Waals surface area contributed by atoms with Gasteiger partial charge in [-0.3, -0.25) is 0 Å². The van der Waals surface area contributed by atoms with Gasteiger partial charge in [-0.15, -0.1) is 22.0 Å². The predicted molar refractivity (Wildman–Crippen MR) is 91.7 cm³/mol. The first-order chi connectivity index (χ1) is 11.2. The number of nitrogens with zero attached hydrogens (tertiary/aromatic N) is 2. The fraction of sp³-hybridized carbons (Fsp3) is 0.333. The molecule has 2 rings (SSSR count). The molecule has 0 amide bonds. The number of aliphatic hydroxyl groups excluding tert-OH is 1. The molecule has 0 fully saturated rings. The summed E-state index contributed by atoms with van der Waals surface area (Å²) in [6.45, 7) is 0.600. The van der Waals surface area contributed by atoms with Gasteiger partial charge in [0.05, 0.1) is 26.5 Å². The van der Waals surface area contributed by atoms with Crippen molar-refractivity contribution in [3.8, 4) is 11.5 Å². The zero-order valence-corrected chi connectivity index (χ0v) is 14.4. The lowest BCUT2D eigenvalue weighted by molar-refractivity contribution is 0.322. The average Bonchev–Trinajstić information content (AvgIpc) is 2.58. The summed E-state index contributed by atoms with van der Waals surface area (Å²) in [4.78, 5) is 0. The minimum absolute atomic E-state index is 0.0702. The number of benzene rings is 1. The number of aromatic nitrogens is 2. The number of hydrogen-bond acceptors (Lipinski definition) is 7. The van der Waals surface area contributed by atoms with E-state index in [0.29, 0.717) is 22.5 Å². The number of nitrogens with one attached hydrogen (secondary N) is 1. The monoisotopic (exact) mass is 355 g/mol. The largest absolute Gasteiger partial charge is 0.497 e. The number of rotatable bonds is 8. The van der Waals surface area contributed by atoms with Crippen molar-refractivity contribution in [2.45, 2.75) is 11.6 Å². The Labute approximate surface area is 144 Å². The van der Waals surface area contributed by atoms with E-state index in [9.17, 15) is 0 Å². The van der Waals surface area contributed by atoms with Gasteiger partial charge < -0.3 is 19.9 Å². The van der Waals surface area contributed by atoms with Crippen molar-refractivity contribution in [1.82, 2.24) is 10.2 Å². The molecule has 6 nitrogen and oxygen atoms in total. The van der Waals surface area contributed by atoms with Gasteiger partial charge in [-0.1, -0.05) is 11.6 Å². The quantitative estimate of drug-likeness (QED) is 0.705. The van der Waals surface area contributed by atoms with Gasteiger partial charge in [0.15, 0.2) is 5.15 Å². The van der Waals surface area contributed by atoms with Crippen molar-refractivity contribution >= 4 is 29.1 Å². The second-order valence-corrected chi connectivity index (χ2v) is 5.96. The van der Waals surface area contributed by atoms with E-state index >= 15 is 0 Å². The molecule has 2 N–H and O–H groups in total. The Kier molecular flexibility index (Phi) is 6.76. The van der Waals surface area contributed by atoms with Gasteiger partial charge in [0, 0.05) is 30.0 Å². The lowest BCUT2D eigenvalue weighted by atomic mass is 10.2. The number of hydrogen-bond donors (Lipinski definition) is 2. The van der Waals surface area contributed by atoms with Crippen LogP contribution in [0.25, 0.3) is 0 Å². The van der Waals surface area contributed by atoms with Gasteiger partial charge in [0.1, 0.15) is 16.5 Å². The molecule has 0 aliphatic heterocycles. The highest BCUT2D eigenvalue weighted by Crippen LogP contribution is 2.29. The van der Waals surface area contributed by atoms with Crippen LogP contribution in [0.2, 0.25) is 5.15 Å². The van der Waals surface area contributed by atoms with Crippen LogP contribution in [0.3, 0.4) is 0 Å². The van der Waals surface area contributed by atoms with Gasteiger partial charge in [0.2, 0.25) is 0 Å². The lowest BCUT2D eigenvalue weighted by Gasteiger charge is -2.13. The number of aliphatic hydroxyl groups is 1. The fourth-order valence-corrected chi connectivity index (χ4v) is 2.74. The second-order valence-electron chi connectivity index (χ2n) is 4.49. The van der Waals surface area contributed by atoms with E-state index in [1.165, 1.54) is 11.8 Å². The van der Waals surface area contributed by atoms with Gasteiger partial charge in [-0.2, -0.15) is 0 Å². The van der Waals surface area contributed by atoms with Crippen LogP contribution in [0.5, 0.6) is 11.5 Å². The molecule has 1 aromatic carbocycles. The van der Waals surface area contributed by atoms with Gasteiger partial charge in [0.25, 0.3) is 0 Å². The van der Waals surface area contributed by atoms with Crippen LogP contribution in [-0.4, -0.2) is 41.9 Å². The average molecular weight is 356 g/mol. The van der Waals surface area contributed by atoms with Gasteiger partial charge >= 0.3 is 0 Å². The molecule has 0 spiro atoms. The van der Waals surface area contributed by atoms with Gasteiger partial charge in [-0.25, -0.2) is 0 Å². The number of anilines is 1. The minimum Gasteiger partial charge on any atom is -0.497 e. The van der Waals surface area contributed by atoms with Crippen molar-refractivity contribution in [1.29, 1.82) is 0 Å². The number of thioether (sulfide) groups is 1. The molecule has 0 saturated heterocycles. The molecule has 1 heterocycles. The molecule has 8 heteroatoms. The third-order valence-electron chi connectivity index (χ3n) is 3.02. The highest BCUT2D eigenvalue weighted by molar-refractivity contribution is 7.99. The predicted octanol–water partition coefficient (Wildman–Crippen LogP) is 2.84. The van der Waals surface area contributed by atoms with Crippen LogP contribution in [0.15, 0.2) is 29.3 Å². The van der Waals surface area contributed by atoms with Crippen LogP contribution in [0.1, 0.15) is 5.56 Å². The van der Waals surface area contributed by atoms with Crippen LogP contribution in [-0.2, 0) is 6.54 Å². The first-order valence-electron chi connectivity index (χ1n) is 6.89. The Hall–Kier alpha value is -1.70. The summed E-state index contributed by atoms with van der Waals surface area (Å²) in [5.74, 6) is 2.00. The molecule has 0 unspecified atom stereocenters. The molecule has 0 aliphatic carbocycles. The van der Waals surface area contributed by atoms with Crippen LogP contribution < -0.4 is 14.8 Å². The van der Waals surface area contributed by atoms with E-state index in [2.05, 4.69) is 15.5 Å². The van der Waals surface area contributed by atoms with Crippen molar-refractivity contribution in [3.05, 3.63) is 35.0 Å².